The largest absolute Gasteiger partial charge is 0.496 e. The molecule has 5 heteroatoms. The second kappa shape index (κ2) is 5.43. The van der Waals surface area contributed by atoms with Crippen LogP contribution in [0.2, 0.25) is 0 Å². The molecule has 1 aromatic heterocycles. The van der Waals surface area contributed by atoms with Crippen molar-refractivity contribution < 1.29 is 18.7 Å². The number of aryl methyl sites for hydroxylation is 1. The maximum atomic E-state index is 11.8. The molecular formula is C12H14O5. The maximum Gasteiger partial charge on any atom is 0.350 e. The lowest BCUT2D eigenvalue weighted by atomic mass is 10.1. The van der Waals surface area contributed by atoms with E-state index in [4.69, 9.17) is 9.15 Å². The molecule has 0 bridgehead atoms. The Morgan fingerprint density at radius 3 is 2.53 bits per heavy atom. The van der Waals surface area contributed by atoms with Crippen molar-refractivity contribution in [2.75, 3.05) is 7.11 Å². The molecule has 0 spiro atoms. The number of methoxy groups -OCH3 is 1. The molecule has 0 aliphatic heterocycles. The van der Waals surface area contributed by atoms with E-state index < -0.39 is 11.4 Å². The molecular weight excluding hydrogens is 224 g/mol. The van der Waals surface area contributed by atoms with Crippen molar-refractivity contribution in [1.29, 1.82) is 0 Å². The molecule has 1 rings (SSSR count). The number of carbonyl (C=O) groups is 2. The molecule has 0 amide bonds. The number of carbonyl (C=O) groups excluding carboxylic acids is 2. The SMILES string of the molecule is COc1cc(C)oc(=O)c1C(=O)CCC(C)=O. The highest BCUT2D eigenvalue weighted by Crippen LogP contribution is 2.18. The van der Waals surface area contributed by atoms with E-state index >= 15 is 0 Å². The Morgan fingerprint density at radius 1 is 1.35 bits per heavy atom. The summed E-state index contributed by atoms with van der Waals surface area (Å²) in [6, 6.07) is 1.47. The van der Waals surface area contributed by atoms with Gasteiger partial charge in [0.15, 0.2) is 5.78 Å². The first-order valence-corrected chi connectivity index (χ1v) is 5.17. The van der Waals surface area contributed by atoms with Crippen molar-refractivity contribution in [3.8, 4) is 5.75 Å². The summed E-state index contributed by atoms with van der Waals surface area (Å²) in [7, 11) is 1.37. The third-order valence-corrected chi connectivity index (χ3v) is 2.24. The molecule has 92 valence electrons. The van der Waals surface area contributed by atoms with Crippen molar-refractivity contribution >= 4 is 11.6 Å². The Kier molecular flexibility index (Phi) is 4.20. The van der Waals surface area contributed by atoms with Gasteiger partial charge in [0.1, 0.15) is 22.9 Å². The predicted octanol–water partition coefficient (Wildman–Crippen LogP) is 1.51. The van der Waals surface area contributed by atoms with Crippen LogP contribution in [-0.2, 0) is 4.79 Å². The summed E-state index contributed by atoms with van der Waals surface area (Å²) in [5, 5.41) is 0. The van der Waals surface area contributed by atoms with E-state index in [1.54, 1.807) is 6.92 Å². The summed E-state index contributed by atoms with van der Waals surface area (Å²) < 4.78 is 9.81. The maximum absolute atomic E-state index is 11.8. The Bertz CT molecular complexity index is 498. The molecule has 0 aromatic carbocycles. The normalized spacial score (nSPS) is 10.1. The van der Waals surface area contributed by atoms with Gasteiger partial charge in [-0.25, -0.2) is 4.79 Å². The Morgan fingerprint density at radius 2 is 2.00 bits per heavy atom. The summed E-state index contributed by atoms with van der Waals surface area (Å²) in [5.74, 6) is 0.0156. The number of ketones is 2. The molecule has 1 heterocycles. The van der Waals surface area contributed by atoms with Gasteiger partial charge in [-0.3, -0.25) is 4.79 Å². The van der Waals surface area contributed by atoms with Crippen molar-refractivity contribution in [2.24, 2.45) is 0 Å². The minimum Gasteiger partial charge on any atom is -0.496 e. The summed E-state index contributed by atoms with van der Waals surface area (Å²) in [4.78, 5) is 34.1. The fourth-order valence-corrected chi connectivity index (χ4v) is 1.41. The van der Waals surface area contributed by atoms with E-state index in [1.807, 2.05) is 0 Å². The topological polar surface area (TPSA) is 73.6 Å². The molecule has 17 heavy (non-hydrogen) atoms. The fourth-order valence-electron chi connectivity index (χ4n) is 1.41. The van der Waals surface area contributed by atoms with E-state index in [0.717, 1.165) is 0 Å². The first-order valence-electron chi connectivity index (χ1n) is 5.17. The van der Waals surface area contributed by atoms with E-state index in [0.29, 0.717) is 5.76 Å². The highest BCUT2D eigenvalue weighted by molar-refractivity contribution is 5.99. The van der Waals surface area contributed by atoms with Gasteiger partial charge in [-0.1, -0.05) is 0 Å². The van der Waals surface area contributed by atoms with Crippen LogP contribution in [0.15, 0.2) is 15.3 Å². The molecule has 5 nitrogen and oxygen atoms in total. The first kappa shape index (κ1) is 13.2. The standard InChI is InChI=1S/C12H14O5/c1-7(13)4-5-9(14)11-10(16-3)6-8(2)17-12(11)15/h6H,4-5H2,1-3H3. The van der Waals surface area contributed by atoms with E-state index in [9.17, 15) is 14.4 Å². The molecule has 0 unspecified atom stereocenters. The number of hydrogen-bond donors (Lipinski definition) is 0. The minimum absolute atomic E-state index is 0.0144. The van der Waals surface area contributed by atoms with Crippen LogP contribution in [0, 0.1) is 6.92 Å². The van der Waals surface area contributed by atoms with Crippen LogP contribution in [0.1, 0.15) is 35.9 Å². The van der Waals surface area contributed by atoms with Crippen LogP contribution in [0.5, 0.6) is 5.75 Å². The van der Waals surface area contributed by atoms with E-state index in [2.05, 4.69) is 0 Å². The summed E-state index contributed by atoms with van der Waals surface area (Å²) in [5.41, 5.74) is -0.852. The van der Waals surface area contributed by atoms with Crippen molar-refractivity contribution in [2.45, 2.75) is 26.7 Å². The average molecular weight is 238 g/mol. The predicted molar refractivity (Wildman–Crippen MR) is 60.5 cm³/mol. The lowest BCUT2D eigenvalue weighted by molar-refractivity contribution is -0.116. The highest BCUT2D eigenvalue weighted by Gasteiger charge is 2.19. The van der Waals surface area contributed by atoms with Gasteiger partial charge in [-0.05, 0) is 13.8 Å². The Balaban J connectivity index is 3.08. The Hall–Kier alpha value is -1.91. The summed E-state index contributed by atoms with van der Waals surface area (Å²) >= 11 is 0. The third kappa shape index (κ3) is 3.27. The lowest BCUT2D eigenvalue weighted by Crippen LogP contribution is -2.16. The Labute approximate surface area is 98.4 Å². The molecule has 0 aliphatic rings. The second-order valence-corrected chi connectivity index (χ2v) is 3.71. The van der Waals surface area contributed by atoms with Crippen LogP contribution >= 0.6 is 0 Å². The van der Waals surface area contributed by atoms with Crippen molar-refractivity contribution in [3.05, 3.63) is 27.8 Å². The van der Waals surface area contributed by atoms with Gasteiger partial charge in [0, 0.05) is 18.9 Å². The molecule has 0 aliphatic carbocycles. The van der Waals surface area contributed by atoms with Gasteiger partial charge in [-0.2, -0.15) is 0 Å². The van der Waals surface area contributed by atoms with Crippen molar-refractivity contribution in [3.63, 3.8) is 0 Å². The van der Waals surface area contributed by atoms with Crippen molar-refractivity contribution in [1.82, 2.24) is 0 Å². The fraction of sp³-hybridized carbons (Fsp3) is 0.417. The molecule has 1 aromatic rings. The van der Waals surface area contributed by atoms with Gasteiger partial charge in [-0.15, -0.1) is 0 Å². The zero-order valence-electron chi connectivity index (χ0n) is 10.0. The van der Waals surface area contributed by atoms with Crippen LogP contribution in [0.3, 0.4) is 0 Å². The molecule has 0 N–H and O–H groups in total. The van der Waals surface area contributed by atoms with Crippen LogP contribution in [0.25, 0.3) is 0 Å². The van der Waals surface area contributed by atoms with Gasteiger partial charge in [0.2, 0.25) is 0 Å². The molecule has 0 fully saturated rings. The first-order chi connectivity index (χ1) is 7.95. The van der Waals surface area contributed by atoms with Crippen LogP contribution < -0.4 is 10.4 Å². The quantitative estimate of drug-likeness (QED) is 0.727. The number of rotatable bonds is 5. The van der Waals surface area contributed by atoms with E-state index in [-0.39, 0.29) is 29.9 Å². The molecule has 0 atom stereocenters. The van der Waals surface area contributed by atoms with Crippen LogP contribution in [-0.4, -0.2) is 18.7 Å². The summed E-state index contributed by atoms with van der Waals surface area (Å²) in [6.07, 6.45) is 0.0921. The van der Waals surface area contributed by atoms with E-state index in [1.165, 1.54) is 20.1 Å². The molecule has 0 saturated carbocycles. The number of Topliss-reactive ketones (excluding diaryl/α,β-unsaturated/α-hetero) is 2. The van der Waals surface area contributed by atoms with Gasteiger partial charge in [0.05, 0.1) is 7.11 Å². The second-order valence-electron chi connectivity index (χ2n) is 3.71. The van der Waals surface area contributed by atoms with Crippen LogP contribution in [0.4, 0.5) is 0 Å². The smallest absolute Gasteiger partial charge is 0.350 e. The number of hydrogen-bond acceptors (Lipinski definition) is 5. The lowest BCUT2D eigenvalue weighted by Gasteiger charge is -2.06. The van der Waals surface area contributed by atoms with Gasteiger partial charge < -0.3 is 13.9 Å². The summed E-state index contributed by atoms with van der Waals surface area (Å²) in [6.45, 7) is 2.98. The molecule has 0 radical (unpaired) electrons. The van der Waals surface area contributed by atoms with Gasteiger partial charge in [0.25, 0.3) is 0 Å². The minimum atomic E-state index is -0.726. The third-order valence-electron chi connectivity index (χ3n) is 2.24. The molecule has 0 saturated heterocycles. The highest BCUT2D eigenvalue weighted by atomic mass is 16.5. The zero-order valence-corrected chi connectivity index (χ0v) is 10.0. The van der Waals surface area contributed by atoms with Gasteiger partial charge >= 0.3 is 5.63 Å². The number of ether oxygens (including phenoxy) is 1. The monoisotopic (exact) mass is 238 g/mol. The average Bonchev–Trinajstić information content (AvgIpc) is 2.24. The zero-order chi connectivity index (χ0) is 13.0.